The van der Waals surface area contributed by atoms with Crippen LogP contribution in [0.15, 0.2) is 72.8 Å². The molecular weight excluding hydrogens is 644 g/mol. The molecule has 2 fully saturated rings. The quantitative estimate of drug-likeness (QED) is 0.162. The number of morpholine rings is 1. The van der Waals surface area contributed by atoms with E-state index < -0.39 is 6.04 Å². The molecule has 2 amide bonds. The van der Waals surface area contributed by atoms with Gasteiger partial charge in [-0.15, -0.1) is 22.6 Å². The van der Waals surface area contributed by atoms with Crippen LogP contribution in [-0.2, 0) is 20.7 Å². The molecule has 2 aliphatic rings. The largest absolute Gasteiger partial charge is 0.492 e. The zero-order valence-corrected chi connectivity index (χ0v) is 28.4. The summed E-state index contributed by atoms with van der Waals surface area (Å²) in [5, 5.41) is 20.1. The second kappa shape index (κ2) is 17.9. The Hall–Kier alpha value is -4.36. The number of aromatic nitrogens is 4. The van der Waals surface area contributed by atoms with Crippen molar-refractivity contribution >= 4 is 29.9 Å². The first kappa shape index (κ1) is 35.9. The minimum Gasteiger partial charge on any atom is -0.492 e. The van der Waals surface area contributed by atoms with E-state index in [4.69, 9.17) is 15.2 Å². The van der Waals surface area contributed by atoms with Crippen LogP contribution < -0.4 is 21.1 Å². The number of hydrogen-bond acceptors (Lipinski definition) is 9. The predicted molar refractivity (Wildman–Crippen MR) is 190 cm³/mol. The van der Waals surface area contributed by atoms with Crippen molar-refractivity contribution in [3.63, 3.8) is 0 Å². The number of H-pyrrole nitrogens is 1. The first-order valence-corrected chi connectivity index (χ1v) is 16.8. The van der Waals surface area contributed by atoms with Crippen LogP contribution in [0.5, 0.6) is 5.75 Å². The number of benzene rings is 3. The number of aromatic amines is 1. The van der Waals surface area contributed by atoms with Crippen molar-refractivity contribution in [2.75, 3.05) is 51.3 Å². The number of anilines is 1. The minimum absolute atomic E-state index is 0. The van der Waals surface area contributed by atoms with E-state index >= 15 is 0 Å². The van der Waals surface area contributed by atoms with Crippen molar-refractivity contribution in [2.24, 2.45) is 17.6 Å². The Kier molecular flexibility index (Phi) is 13.1. The fourth-order valence-corrected chi connectivity index (χ4v) is 6.33. The van der Waals surface area contributed by atoms with Crippen LogP contribution in [0.4, 0.5) is 5.69 Å². The van der Waals surface area contributed by atoms with E-state index in [2.05, 4.69) is 42.2 Å². The molecule has 0 bridgehead atoms. The lowest BCUT2D eigenvalue weighted by atomic mass is 9.81. The molecule has 49 heavy (non-hydrogen) atoms. The van der Waals surface area contributed by atoms with Crippen LogP contribution in [0.2, 0.25) is 0 Å². The number of nitrogens with one attached hydrogen (secondary N) is 3. The molecular formula is C36H45ClN8O4. The van der Waals surface area contributed by atoms with Gasteiger partial charge in [0.25, 0.3) is 0 Å². The molecule has 1 aliphatic heterocycles. The summed E-state index contributed by atoms with van der Waals surface area (Å²) in [4.78, 5) is 29.4. The molecule has 1 saturated heterocycles. The Bertz CT molecular complexity index is 1610. The van der Waals surface area contributed by atoms with Crippen molar-refractivity contribution in [1.29, 1.82) is 0 Å². The summed E-state index contributed by atoms with van der Waals surface area (Å²) in [6.07, 6.45) is 3.77. The Morgan fingerprint density at radius 2 is 1.69 bits per heavy atom. The second-order valence-electron chi connectivity index (χ2n) is 12.5. The number of tetrazole rings is 1. The van der Waals surface area contributed by atoms with E-state index in [1.807, 2.05) is 54.6 Å². The highest BCUT2D eigenvalue weighted by Crippen LogP contribution is 2.29. The molecule has 0 radical (unpaired) electrons. The molecule has 13 heteroatoms. The van der Waals surface area contributed by atoms with E-state index in [0.29, 0.717) is 37.0 Å². The maximum atomic E-state index is 13.7. The normalized spacial score (nSPS) is 18.6. The number of ether oxygens (including phenoxy) is 2. The number of rotatable bonds is 13. The van der Waals surface area contributed by atoms with E-state index in [9.17, 15) is 9.59 Å². The van der Waals surface area contributed by atoms with Gasteiger partial charge in [0.1, 0.15) is 18.4 Å². The van der Waals surface area contributed by atoms with Gasteiger partial charge in [0.15, 0.2) is 0 Å². The zero-order valence-electron chi connectivity index (χ0n) is 27.6. The maximum Gasteiger partial charge on any atom is 0.247 e. The lowest BCUT2D eigenvalue weighted by Gasteiger charge is -2.28. The number of halogens is 1. The van der Waals surface area contributed by atoms with Crippen LogP contribution >= 0.6 is 12.4 Å². The lowest BCUT2D eigenvalue weighted by molar-refractivity contribution is -0.130. The van der Waals surface area contributed by atoms with Crippen molar-refractivity contribution < 1.29 is 19.1 Å². The van der Waals surface area contributed by atoms with Gasteiger partial charge in [0.05, 0.1) is 13.2 Å². The third-order valence-corrected chi connectivity index (χ3v) is 9.28. The molecule has 0 unspecified atom stereocenters. The molecule has 1 atom stereocenters. The first-order valence-electron chi connectivity index (χ1n) is 16.8. The third-order valence-electron chi connectivity index (χ3n) is 9.28. The van der Waals surface area contributed by atoms with E-state index in [-0.39, 0.29) is 30.1 Å². The number of nitrogens with two attached hydrogens (primary N) is 1. The Balaban J connectivity index is 0.00000468. The van der Waals surface area contributed by atoms with E-state index in [0.717, 1.165) is 86.5 Å². The van der Waals surface area contributed by atoms with Crippen LogP contribution in [-0.4, -0.2) is 89.4 Å². The molecule has 260 valence electrons. The van der Waals surface area contributed by atoms with Crippen molar-refractivity contribution in [3.05, 3.63) is 78.4 Å². The summed E-state index contributed by atoms with van der Waals surface area (Å²) in [5.74, 6) is 1.27. The third kappa shape index (κ3) is 10.1. The number of hydrogen-bond donors (Lipinski definition) is 4. The molecule has 2 heterocycles. The van der Waals surface area contributed by atoms with Crippen molar-refractivity contribution in [3.8, 4) is 28.3 Å². The zero-order chi connectivity index (χ0) is 33.1. The Morgan fingerprint density at radius 3 is 2.39 bits per heavy atom. The Morgan fingerprint density at radius 1 is 0.959 bits per heavy atom. The van der Waals surface area contributed by atoms with Gasteiger partial charge in [-0.1, -0.05) is 36.4 Å². The first-order chi connectivity index (χ1) is 23.5. The molecule has 4 aromatic rings. The average molecular weight is 689 g/mol. The van der Waals surface area contributed by atoms with Crippen molar-refractivity contribution in [1.82, 2.24) is 30.8 Å². The fourth-order valence-electron chi connectivity index (χ4n) is 6.33. The predicted octanol–water partition coefficient (Wildman–Crippen LogP) is 4.10. The molecule has 1 aromatic heterocycles. The molecule has 3 aromatic carbocycles. The number of carbonyl (C=O) groups is 2. The molecule has 5 N–H and O–H groups in total. The van der Waals surface area contributed by atoms with Crippen molar-refractivity contribution in [2.45, 2.75) is 38.1 Å². The van der Waals surface area contributed by atoms with Gasteiger partial charge in [0, 0.05) is 43.2 Å². The number of carbonyl (C=O) groups excluding carboxylic acids is 2. The summed E-state index contributed by atoms with van der Waals surface area (Å²) < 4.78 is 11.5. The highest BCUT2D eigenvalue weighted by molar-refractivity contribution is 5.97. The molecule has 1 aliphatic carbocycles. The second-order valence-corrected chi connectivity index (χ2v) is 12.5. The summed E-state index contributed by atoms with van der Waals surface area (Å²) in [5.41, 5.74) is 10.3. The topological polar surface area (TPSA) is 160 Å². The van der Waals surface area contributed by atoms with Gasteiger partial charge < -0.3 is 25.8 Å². The minimum atomic E-state index is -0.754. The molecule has 0 spiro atoms. The maximum absolute atomic E-state index is 13.7. The van der Waals surface area contributed by atoms with Gasteiger partial charge in [0.2, 0.25) is 17.6 Å². The average Bonchev–Trinajstić information content (AvgIpc) is 3.68. The lowest BCUT2D eigenvalue weighted by Crippen LogP contribution is -2.48. The van der Waals surface area contributed by atoms with Crippen LogP contribution in [0.1, 0.15) is 31.2 Å². The molecule has 6 rings (SSSR count). The standard InChI is InChI=1S/C36H44N8O4.ClH/c37-24-26-6-10-29(11-7-26)35(45)39-33(36(46)38-31-14-12-28(13-15-31)34-40-42-43-41-34)22-25-4-8-27(9-5-25)30-2-1-3-32(23-30)48-21-18-44-16-19-47-20-17-44;/h1-5,8-9,12-15,23,26,29,33H,6-7,10-11,16-22,24,37H2,(H,38,46)(H,39,45)(H,40,41,42,43);1H/t26?,29?,33-;/m0./s1. The SMILES string of the molecule is Cl.NCC1CCC(C(=O)N[C@@H](Cc2ccc(-c3cccc(OCCN4CCOCC4)c3)cc2)C(=O)Nc2ccc(-c3nn[nH]n3)cc2)CC1. The van der Waals surface area contributed by atoms with Gasteiger partial charge in [-0.25, -0.2) is 0 Å². The van der Waals surface area contributed by atoms with E-state index in [1.54, 1.807) is 12.1 Å². The Labute approximate surface area is 292 Å². The van der Waals surface area contributed by atoms with Crippen LogP contribution in [0.3, 0.4) is 0 Å². The van der Waals surface area contributed by atoms with Gasteiger partial charge in [-0.05, 0) is 96.4 Å². The van der Waals surface area contributed by atoms with Gasteiger partial charge >= 0.3 is 0 Å². The summed E-state index contributed by atoms with van der Waals surface area (Å²) in [7, 11) is 0. The van der Waals surface area contributed by atoms with Crippen LogP contribution in [0.25, 0.3) is 22.5 Å². The number of nitrogens with zero attached hydrogens (tertiary/aromatic N) is 4. The smallest absolute Gasteiger partial charge is 0.247 e. The highest BCUT2D eigenvalue weighted by Gasteiger charge is 2.29. The van der Waals surface area contributed by atoms with Gasteiger partial charge in [-0.3, -0.25) is 14.5 Å². The van der Waals surface area contributed by atoms with Gasteiger partial charge in [-0.2, -0.15) is 5.21 Å². The highest BCUT2D eigenvalue weighted by atomic mass is 35.5. The summed E-state index contributed by atoms with van der Waals surface area (Å²) >= 11 is 0. The summed E-state index contributed by atoms with van der Waals surface area (Å²) in [6.45, 7) is 5.56. The fraction of sp³-hybridized carbons (Fsp3) is 0.417. The summed E-state index contributed by atoms with van der Waals surface area (Å²) in [6, 6.07) is 22.6. The monoisotopic (exact) mass is 688 g/mol. The van der Waals surface area contributed by atoms with E-state index in [1.165, 1.54) is 0 Å². The molecule has 1 saturated carbocycles. The number of amides is 2. The van der Waals surface area contributed by atoms with Crippen LogP contribution in [0, 0.1) is 11.8 Å². The molecule has 12 nitrogen and oxygen atoms in total.